The largest absolute Gasteiger partial charge is 0.497 e. The van der Waals surface area contributed by atoms with E-state index in [1.165, 1.54) is 18.4 Å². The zero-order chi connectivity index (χ0) is 24.0. The molecule has 1 amide bonds. The third-order valence-electron chi connectivity index (χ3n) is 6.36. The first-order valence-electron chi connectivity index (χ1n) is 11.2. The number of carbonyl (C=O) groups excluding carboxylic acids is 1. The summed E-state index contributed by atoms with van der Waals surface area (Å²) in [6.45, 7) is 4.48. The van der Waals surface area contributed by atoms with Crippen molar-refractivity contribution in [3.05, 3.63) is 29.8 Å². The van der Waals surface area contributed by atoms with E-state index in [-0.39, 0.29) is 17.9 Å². The Hall–Kier alpha value is -2.33. The first-order chi connectivity index (χ1) is 15.7. The number of halogens is 3. The molecule has 0 aromatic heterocycles. The molecule has 2 aliphatic heterocycles. The average molecular weight is 473 g/mol. The Balaban J connectivity index is 0.000000383. The molecule has 33 heavy (non-hydrogen) atoms. The molecular weight excluding hydrogens is 441 g/mol. The van der Waals surface area contributed by atoms with Gasteiger partial charge in [-0.05, 0) is 49.3 Å². The number of carboxylic acids is 1. The first-order valence-corrected chi connectivity index (χ1v) is 11.2. The Kier molecular flexibility index (Phi) is 8.58. The predicted molar refractivity (Wildman–Crippen MR) is 114 cm³/mol. The van der Waals surface area contributed by atoms with Gasteiger partial charge in [-0.25, -0.2) is 4.79 Å². The number of aliphatic carboxylic acids is 1. The number of carbonyl (C=O) groups is 2. The molecule has 1 saturated carbocycles. The number of piperidine rings is 1. The van der Waals surface area contributed by atoms with Crippen LogP contribution in [0.5, 0.6) is 5.75 Å². The van der Waals surface area contributed by atoms with Gasteiger partial charge in [0.05, 0.1) is 13.2 Å². The number of hydrogen-bond acceptors (Lipinski definition) is 5. The fourth-order valence-electron chi connectivity index (χ4n) is 4.34. The summed E-state index contributed by atoms with van der Waals surface area (Å²) < 4.78 is 43.0. The summed E-state index contributed by atoms with van der Waals surface area (Å²) in [4.78, 5) is 24.1. The van der Waals surface area contributed by atoms with Crippen molar-refractivity contribution in [2.24, 2.45) is 17.8 Å². The van der Waals surface area contributed by atoms with Crippen LogP contribution in [0.4, 0.5) is 13.2 Å². The number of fused-ring (bicyclic) bond motifs is 1. The fraction of sp³-hybridized carbons (Fsp3) is 0.652. The molecule has 184 valence electrons. The second-order valence-electron chi connectivity index (χ2n) is 8.83. The molecule has 3 aliphatic rings. The van der Waals surface area contributed by atoms with Crippen molar-refractivity contribution in [2.75, 3.05) is 33.4 Å². The summed E-state index contributed by atoms with van der Waals surface area (Å²) in [6, 6.07) is 8.28. The molecule has 4 rings (SSSR count). The summed E-state index contributed by atoms with van der Waals surface area (Å²) >= 11 is 0. The maximum atomic E-state index is 12.7. The highest BCUT2D eigenvalue weighted by Crippen LogP contribution is 2.34. The van der Waals surface area contributed by atoms with Gasteiger partial charge in [-0.2, -0.15) is 13.2 Å². The maximum absolute atomic E-state index is 12.7. The lowest BCUT2D eigenvalue weighted by Gasteiger charge is -2.44. The zero-order valence-electron chi connectivity index (χ0n) is 18.6. The third-order valence-corrected chi connectivity index (χ3v) is 6.36. The number of rotatable bonds is 6. The number of nitrogens with zero attached hydrogens (tertiary/aromatic N) is 1. The summed E-state index contributed by atoms with van der Waals surface area (Å²) in [5.41, 5.74) is 1.29. The van der Waals surface area contributed by atoms with E-state index in [4.69, 9.17) is 19.4 Å². The van der Waals surface area contributed by atoms with Crippen molar-refractivity contribution in [1.29, 1.82) is 0 Å². The van der Waals surface area contributed by atoms with E-state index in [9.17, 15) is 18.0 Å². The van der Waals surface area contributed by atoms with Crippen LogP contribution >= 0.6 is 0 Å². The van der Waals surface area contributed by atoms with E-state index in [2.05, 4.69) is 22.3 Å². The second kappa shape index (κ2) is 11.2. The maximum Gasteiger partial charge on any atom is 0.490 e. The van der Waals surface area contributed by atoms with E-state index in [0.29, 0.717) is 5.92 Å². The highest BCUT2D eigenvalue weighted by molar-refractivity contribution is 5.79. The van der Waals surface area contributed by atoms with Gasteiger partial charge in [0.25, 0.3) is 0 Å². The summed E-state index contributed by atoms with van der Waals surface area (Å²) in [5, 5.41) is 10.3. The molecule has 1 aliphatic carbocycles. The van der Waals surface area contributed by atoms with Crippen LogP contribution in [0.15, 0.2) is 24.3 Å². The summed E-state index contributed by atoms with van der Waals surface area (Å²) in [6.07, 6.45) is -0.417. The average Bonchev–Trinajstić information content (AvgIpc) is 3.62. The van der Waals surface area contributed by atoms with Crippen molar-refractivity contribution in [3.8, 4) is 5.75 Å². The van der Waals surface area contributed by atoms with Crippen LogP contribution in [0, 0.1) is 17.8 Å². The van der Waals surface area contributed by atoms with E-state index >= 15 is 0 Å². The topological polar surface area (TPSA) is 88.1 Å². The van der Waals surface area contributed by atoms with E-state index in [1.54, 1.807) is 7.11 Å². The molecule has 0 spiro atoms. The molecule has 0 bridgehead atoms. The molecular formula is C23H31F3N2O5. The zero-order valence-corrected chi connectivity index (χ0v) is 18.6. The number of ether oxygens (including phenoxy) is 2. The van der Waals surface area contributed by atoms with Gasteiger partial charge in [-0.15, -0.1) is 0 Å². The molecule has 1 aromatic carbocycles. The fourth-order valence-corrected chi connectivity index (χ4v) is 4.34. The highest BCUT2D eigenvalue weighted by atomic mass is 19.4. The van der Waals surface area contributed by atoms with Gasteiger partial charge in [-0.3, -0.25) is 9.69 Å². The standard InChI is InChI=1S/C21H30N2O3.C2HF3O2/c1-25-17-6-4-16(5-7-17)13-23-10-8-20-19(14-23)18(9-11-26-20)21(24)22-12-15-2-3-15;3-2(4,5)1(6)7/h4-7,15,18-20H,2-3,8-14H2,1H3,(H,22,24);(H,6,7)/t18-,19+,20-;/m1./s1. The van der Waals surface area contributed by atoms with E-state index in [1.807, 2.05) is 12.1 Å². The van der Waals surface area contributed by atoms with Crippen LogP contribution in [0.25, 0.3) is 0 Å². The molecule has 2 N–H and O–H groups in total. The van der Waals surface area contributed by atoms with Crippen molar-refractivity contribution in [3.63, 3.8) is 0 Å². The van der Waals surface area contributed by atoms with Crippen molar-refractivity contribution in [1.82, 2.24) is 10.2 Å². The smallest absolute Gasteiger partial charge is 0.490 e. The number of amides is 1. The van der Waals surface area contributed by atoms with Crippen LogP contribution in [0.3, 0.4) is 0 Å². The molecule has 1 aromatic rings. The lowest BCUT2D eigenvalue weighted by atomic mass is 9.79. The van der Waals surface area contributed by atoms with Gasteiger partial charge in [-0.1, -0.05) is 12.1 Å². The number of hydrogen-bond donors (Lipinski definition) is 2. The number of carboxylic acid groups (broad SMARTS) is 1. The Morgan fingerprint density at radius 2 is 1.85 bits per heavy atom. The number of methoxy groups -OCH3 is 1. The number of alkyl halides is 3. The summed E-state index contributed by atoms with van der Waals surface area (Å²) in [5.74, 6) is -0.469. The Bertz CT molecular complexity index is 798. The highest BCUT2D eigenvalue weighted by Gasteiger charge is 2.42. The van der Waals surface area contributed by atoms with Crippen LogP contribution in [-0.4, -0.2) is 67.5 Å². The van der Waals surface area contributed by atoms with Gasteiger partial charge in [0, 0.05) is 44.6 Å². The lowest BCUT2D eigenvalue weighted by molar-refractivity contribution is -0.192. The molecule has 0 unspecified atom stereocenters. The van der Waals surface area contributed by atoms with Crippen LogP contribution < -0.4 is 10.1 Å². The minimum atomic E-state index is -5.08. The Morgan fingerprint density at radius 3 is 2.42 bits per heavy atom. The monoisotopic (exact) mass is 472 g/mol. The first kappa shape index (κ1) is 25.3. The quantitative estimate of drug-likeness (QED) is 0.662. The third kappa shape index (κ3) is 7.60. The number of nitrogens with one attached hydrogen (secondary N) is 1. The Morgan fingerprint density at radius 1 is 1.18 bits per heavy atom. The van der Waals surface area contributed by atoms with Crippen molar-refractivity contribution in [2.45, 2.75) is 44.5 Å². The summed E-state index contributed by atoms with van der Waals surface area (Å²) in [7, 11) is 1.69. The number of likely N-dealkylation sites (tertiary alicyclic amines) is 1. The molecule has 2 saturated heterocycles. The molecule has 7 nitrogen and oxygen atoms in total. The van der Waals surface area contributed by atoms with Gasteiger partial charge in [0.15, 0.2) is 0 Å². The molecule has 3 atom stereocenters. The Labute approximate surface area is 191 Å². The second-order valence-corrected chi connectivity index (χ2v) is 8.83. The number of benzene rings is 1. The van der Waals surface area contributed by atoms with E-state index < -0.39 is 12.1 Å². The molecule has 0 radical (unpaired) electrons. The van der Waals surface area contributed by atoms with E-state index in [0.717, 1.165) is 57.3 Å². The van der Waals surface area contributed by atoms with Gasteiger partial charge in [0.1, 0.15) is 5.75 Å². The van der Waals surface area contributed by atoms with Crippen molar-refractivity contribution >= 4 is 11.9 Å². The molecule has 2 heterocycles. The minimum absolute atomic E-state index is 0.103. The van der Waals surface area contributed by atoms with Gasteiger partial charge >= 0.3 is 12.1 Å². The van der Waals surface area contributed by atoms with Crippen LogP contribution in [0.2, 0.25) is 0 Å². The SMILES string of the molecule is COc1ccc(CN2CC[C@H]3OCC[C@@H](C(=O)NCC4CC4)[C@@H]3C2)cc1.O=C(O)C(F)(F)F. The predicted octanol–water partition coefficient (Wildman–Crippen LogP) is 3.08. The van der Waals surface area contributed by atoms with Crippen molar-refractivity contribution < 1.29 is 37.3 Å². The molecule has 3 fully saturated rings. The van der Waals surface area contributed by atoms with Crippen LogP contribution in [-0.2, 0) is 20.9 Å². The normalized spacial score (nSPS) is 25.3. The van der Waals surface area contributed by atoms with Crippen LogP contribution in [0.1, 0.15) is 31.2 Å². The molecule has 10 heteroatoms. The van der Waals surface area contributed by atoms with Gasteiger partial charge < -0.3 is 19.9 Å². The lowest BCUT2D eigenvalue weighted by Crippen LogP contribution is -2.53. The van der Waals surface area contributed by atoms with Gasteiger partial charge in [0.2, 0.25) is 5.91 Å². The minimum Gasteiger partial charge on any atom is -0.497 e.